The van der Waals surface area contributed by atoms with Crippen LogP contribution in [-0.4, -0.2) is 49.5 Å². The average molecular weight is 303 g/mol. The number of Topliss-reactive ketones (excluding diaryl/α,β-unsaturated/α-hetero) is 1. The van der Waals surface area contributed by atoms with Crippen LogP contribution in [0.5, 0.6) is 5.75 Å². The number of carbonyl (C=O) groups is 1. The summed E-state index contributed by atoms with van der Waals surface area (Å²) >= 11 is 0. The summed E-state index contributed by atoms with van der Waals surface area (Å²) in [4.78, 5) is 15.5. The maximum atomic E-state index is 12.3. The second-order valence-corrected chi connectivity index (χ2v) is 7.87. The van der Waals surface area contributed by atoms with Crippen LogP contribution >= 0.6 is 0 Å². The molecule has 1 aromatic carbocycles. The molecule has 1 heterocycles. The van der Waals surface area contributed by atoms with Crippen LogP contribution in [0, 0.1) is 5.41 Å². The maximum absolute atomic E-state index is 12.3. The van der Waals surface area contributed by atoms with Gasteiger partial charge in [0, 0.05) is 16.3 Å². The van der Waals surface area contributed by atoms with Crippen LogP contribution in [0.25, 0.3) is 10.9 Å². The molecule has 0 aliphatic heterocycles. The van der Waals surface area contributed by atoms with Crippen LogP contribution in [0.2, 0.25) is 0 Å². The Balaban J connectivity index is 2.16. The van der Waals surface area contributed by atoms with E-state index in [9.17, 15) is 4.79 Å². The van der Waals surface area contributed by atoms with E-state index in [1.54, 1.807) is 0 Å². The number of benzene rings is 1. The molecule has 0 amide bonds. The summed E-state index contributed by atoms with van der Waals surface area (Å²) in [7, 11) is 6.43. The Bertz CT molecular complexity index is 672. The fraction of sp³-hybridized carbons (Fsp3) is 0.500. The smallest absolute Gasteiger partial charge is 0.184 e. The molecule has 0 saturated carbocycles. The summed E-state index contributed by atoms with van der Waals surface area (Å²) in [5.41, 5.74) is 1.24. The minimum Gasteiger partial charge on any atom is -0.488 e. The molecule has 1 aromatic heterocycles. The SMILES string of the molecule is CC(C)(C)C(=O)c1cc2cc(OCC[N+](C)(C)C)ccc2[nH]1. The van der Waals surface area contributed by atoms with Gasteiger partial charge in [-0.2, -0.15) is 0 Å². The molecule has 0 unspecified atom stereocenters. The maximum Gasteiger partial charge on any atom is 0.184 e. The molecule has 4 heteroatoms. The number of nitrogens with zero attached hydrogens (tertiary/aromatic N) is 1. The van der Waals surface area contributed by atoms with Gasteiger partial charge in [-0.1, -0.05) is 20.8 Å². The van der Waals surface area contributed by atoms with Crippen molar-refractivity contribution in [3.8, 4) is 5.75 Å². The first kappa shape index (κ1) is 16.6. The predicted octanol–water partition coefficient (Wildman–Crippen LogP) is 3.48. The fourth-order valence-electron chi connectivity index (χ4n) is 2.16. The Morgan fingerprint density at radius 1 is 1.18 bits per heavy atom. The summed E-state index contributed by atoms with van der Waals surface area (Å²) in [5.74, 6) is 0.964. The van der Waals surface area contributed by atoms with E-state index < -0.39 is 0 Å². The number of aromatic amines is 1. The van der Waals surface area contributed by atoms with Gasteiger partial charge in [0.15, 0.2) is 5.78 Å². The van der Waals surface area contributed by atoms with Crippen molar-refractivity contribution in [3.05, 3.63) is 30.0 Å². The van der Waals surface area contributed by atoms with Gasteiger partial charge >= 0.3 is 0 Å². The third-order valence-electron chi connectivity index (χ3n) is 3.55. The lowest BCUT2D eigenvalue weighted by molar-refractivity contribution is -0.870. The minimum absolute atomic E-state index is 0.121. The Kier molecular flexibility index (Phi) is 4.34. The van der Waals surface area contributed by atoms with E-state index in [0.717, 1.165) is 27.7 Å². The molecular formula is C18H27N2O2+. The number of rotatable bonds is 5. The molecule has 0 aliphatic carbocycles. The number of nitrogens with one attached hydrogen (secondary N) is 1. The Labute approximate surface area is 132 Å². The van der Waals surface area contributed by atoms with Crippen LogP contribution in [0.1, 0.15) is 31.3 Å². The second-order valence-electron chi connectivity index (χ2n) is 7.87. The van der Waals surface area contributed by atoms with Crippen molar-refractivity contribution < 1.29 is 14.0 Å². The zero-order valence-electron chi connectivity index (χ0n) is 14.5. The van der Waals surface area contributed by atoms with Gasteiger partial charge in [-0.3, -0.25) is 4.79 Å². The summed E-state index contributed by atoms with van der Waals surface area (Å²) < 4.78 is 6.68. The highest BCUT2D eigenvalue weighted by atomic mass is 16.5. The van der Waals surface area contributed by atoms with Gasteiger partial charge in [0.1, 0.15) is 18.9 Å². The lowest BCUT2D eigenvalue weighted by Crippen LogP contribution is -2.38. The molecule has 0 radical (unpaired) electrons. The molecular weight excluding hydrogens is 276 g/mol. The number of quaternary nitrogens is 1. The molecule has 4 nitrogen and oxygen atoms in total. The molecule has 0 spiro atoms. The molecule has 2 aromatic rings. The predicted molar refractivity (Wildman–Crippen MR) is 90.5 cm³/mol. The molecule has 0 bridgehead atoms. The zero-order valence-corrected chi connectivity index (χ0v) is 14.5. The number of hydrogen-bond acceptors (Lipinski definition) is 2. The third-order valence-corrected chi connectivity index (χ3v) is 3.55. The first-order valence-electron chi connectivity index (χ1n) is 7.67. The summed E-state index contributed by atoms with van der Waals surface area (Å²) in [5, 5.41) is 1.01. The van der Waals surface area contributed by atoms with Crippen molar-refractivity contribution in [3.63, 3.8) is 0 Å². The van der Waals surface area contributed by atoms with Crippen LogP contribution < -0.4 is 4.74 Å². The normalized spacial score (nSPS) is 12.6. The highest BCUT2D eigenvalue weighted by Crippen LogP contribution is 2.26. The molecule has 22 heavy (non-hydrogen) atoms. The van der Waals surface area contributed by atoms with E-state index in [1.165, 1.54) is 0 Å². The summed E-state index contributed by atoms with van der Waals surface area (Å²) in [6.07, 6.45) is 0. The van der Waals surface area contributed by atoms with Crippen LogP contribution in [-0.2, 0) is 0 Å². The van der Waals surface area contributed by atoms with Crippen LogP contribution in [0.15, 0.2) is 24.3 Å². The molecule has 0 aliphatic rings. The summed E-state index contributed by atoms with van der Waals surface area (Å²) in [6, 6.07) is 7.81. The Morgan fingerprint density at radius 2 is 1.86 bits per heavy atom. The van der Waals surface area contributed by atoms with E-state index in [-0.39, 0.29) is 11.2 Å². The van der Waals surface area contributed by atoms with Gasteiger partial charge in [0.05, 0.1) is 26.8 Å². The van der Waals surface area contributed by atoms with Gasteiger partial charge in [-0.25, -0.2) is 0 Å². The van der Waals surface area contributed by atoms with Gasteiger partial charge in [-0.05, 0) is 24.3 Å². The topological polar surface area (TPSA) is 42.1 Å². The number of carbonyl (C=O) groups excluding carboxylic acids is 1. The second kappa shape index (κ2) is 5.76. The highest BCUT2D eigenvalue weighted by molar-refractivity contribution is 6.02. The van der Waals surface area contributed by atoms with Gasteiger partial charge in [0.25, 0.3) is 0 Å². The van der Waals surface area contributed by atoms with Crippen LogP contribution in [0.4, 0.5) is 0 Å². The van der Waals surface area contributed by atoms with Gasteiger partial charge in [-0.15, -0.1) is 0 Å². The van der Waals surface area contributed by atoms with E-state index in [0.29, 0.717) is 12.3 Å². The van der Waals surface area contributed by atoms with Crippen molar-refractivity contribution in [2.45, 2.75) is 20.8 Å². The number of aromatic nitrogens is 1. The van der Waals surface area contributed by atoms with Crippen molar-refractivity contribution >= 4 is 16.7 Å². The van der Waals surface area contributed by atoms with E-state index in [2.05, 4.69) is 26.1 Å². The van der Waals surface area contributed by atoms with Gasteiger partial charge < -0.3 is 14.2 Å². The fourth-order valence-corrected chi connectivity index (χ4v) is 2.16. The molecule has 0 atom stereocenters. The standard InChI is InChI=1S/C18H26N2O2/c1-18(2,3)17(21)16-12-13-11-14(7-8-15(13)19-16)22-10-9-20(4,5)6/h7-8,11-12H,9-10H2,1-6H3/p+1. The number of ether oxygens (including phenoxy) is 1. The molecule has 1 N–H and O–H groups in total. The number of H-pyrrole nitrogens is 1. The Morgan fingerprint density at radius 3 is 2.45 bits per heavy atom. The quantitative estimate of drug-likeness (QED) is 0.679. The molecule has 2 rings (SSSR count). The first-order chi connectivity index (χ1) is 10.1. The monoisotopic (exact) mass is 303 g/mol. The van der Waals surface area contributed by atoms with Crippen molar-refractivity contribution in [1.82, 2.24) is 4.98 Å². The third kappa shape index (κ3) is 4.10. The number of fused-ring (bicyclic) bond motifs is 1. The minimum atomic E-state index is -0.384. The zero-order chi connectivity index (χ0) is 16.5. The largest absolute Gasteiger partial charge is 0.488 e. The van der Waals surface area contributed by atoms with Crippen molar-refractivity contribution in [1.29, 1.82) is 0 Å². The highest BCUT2D eigenvalue weighted by Gasteiger charge is 2.24. The van der Waals surface area contributed by atoms with Crippen molar-refractivity contribution in [2.75, 3.05) is 34.3 Å². The van der Waals surface area contributed by atoms with Crippen LogP contribution in [0.3, 0.4) is 0 Å². The van der Waals surface area contributed by atoms with E-state index in [4.69, 9.17) is 4.74 Å². The first-order valence-corrected chi connectivity index (χ1v) is 7.67. The number of ketones is 1. The average Bonchev–Trinajstić information content (AvgIpc) is 2.78. The van der Waals surface area contributed by atoms with Crippen molar-refractivity contribution in [2.24, 2.45) is 5.41 Å². The lowest BCUT2D eigenvalue weighted by atomic mass is 9.89. The molecule has 0 fully saturated rings. The Hall–Kier alpha value is -1.81. The van der Waals surface area contributed by atoms with E-state index >= 15 is 0 Å². The van der Waals surface area contributed by atoms with E-state index in [1.807, 2.05) is 45.0 Å². The van der Waals surface area contributed by atoms with Gasteiger partial charge in [0.2, 0.25) is 0 Å². The number of hydrogen-bond donors (Lipinski definition) is 1. The molecule has 0 saturated heterocycles. The lowest BCUT2D eigenvalue weighted by Gasteiger charge is -2.23. The number of likely N-dealkylation sites (N-methyl/N-ethyl adjacent to an activating group) is 1. The molecule has 120 valence electrons. The summed E-state index contributed by atoms with van der Waals surface area (Å²) in [6.45, 7) is 7.41.